The molecule has 9 heteroatoms. The van der Waals surface area contributed by atoms with Crippen LogP contribution in [0.2, 0.25) is 0 Å². The molecule has 150 valence electrons. The van der Waals surface area contributed by atoms with Gasteiger partial charge < -0.3 is 20.3 Å². The topological polar surface area (TPSA) is 137 Å². The fourth-order valence-corrected chi connectivity index (χ4v) is 3.24. The fraction of sp³-hybridized carbons (Fsp3) is 0.421. The van der Waals surface area contributed by atoms with E-state index < -0.39 is 35.7 Å². The van der Waals surface area contributed by atoms with E-state index in [2.05, 4.69) is 4.98 Å². The first-order valence-corrected chi connectivity index (χ1v) is 8.95. The van der Waals surface area contributed by atoms with Gasteiger partial charge in [0.25, 0.3) is 5.56 Å². The molecule has 3 rings (SSSR count). The number of aliphatic hydroxyl groups excluding tert-OH is 1. The van der Waals surface area contributed by atoms with Crippen molar-refractivity contribution in [2.24, 2.45) is 5.73 Å². The minimum absolute atomic E-state index is 0.155. The second kappa shape index (κ2) is 8.09. The van der Waals surface area contributed by atoms with Crippen LogP contribution in [0.25, 0.3) is 0 Å². The molecule has 0 amide bonds. The number of carbonyl (C=O) groups is 1. The van der Waals surface area contributed by atoms with Crippen LogP contribution in [0.3, 0.4) is 0 Å². The van der Waals surface area contributed by atoms with Gasteiger partial charge in [-0.25, -0.2) is 9.59 Å². The SMILES string of the molecule is Cc1cn([C@H]2C[C@@H](OC(=O)c3ccccc3C(C)N)C(CO)O2)c(=O)[nH]c1=O. The van der Waals surface area contributed by atoms with Gasteiger partial charge in [0.1, 0.15) is 18.4 Å². The summed E-state index contributed by atoms with van der Waals surface area (Å²) in [5.41, 5.74) is 6.14. The van der Waals surface area contributed by atoms with Crippen LogP contribution in [0, 0.1) is 6.92 Å². The summed E-state index contributed by atoms with van der Waals surface area (Å²) in [6.45, 7) is 2.94. The van der Waals surface area contributed by atoms with Gasteiger partial charge in [0.05, 0.1) is 12.2 Å². The third kappa shape index (κ3) is 3.91. The van der Waals surface area contributed by atoms with Gasteiger partial charge in [-0.15, -0.1) is 0 Å². The van der Waals surface area contributed by atoms with E-state index in [4.69, 9.17) is 15.2 Å². The van der Waals surface area contributed by atoms with E-state index in [0.29, 0.717) is 16.7 Å². The monoisotopic (exact) mass is 389 g/mol. The average molecular weight is 389 g/mol. The predicted molar refractivity (Wildman–Crippen MR) is 99.9 cm³/mol. The number of benzene rings is 1. The Morgan fingerprint density at radius 1 is 1.43 bits per heavy atom. The third-order valence-corrected chi connectivity index (χ3v) is 4.75. The number of ether oxygens (including phenoxy) is 2. The summed E-state index contributed by atoms with van der Waals surface area (Å²) in [4.78, 5) is 38.5. The molecular weight excluding hydrogens is 366 g/mol. The highest BCUT2D eigenvalue weighted by atomic mass is 16.6. The van der Waals surface area contributed by atoms with Crippen molar-refractivity contribution in [2.45, 2.75) is 44.7 Å². The molecule has 1 aromatic carbocycles. The number of hydrogen-bond acceptors (Lipinski definition) is 7. The van der Waals surface area contributed by atoms with Gasteiger partial charge in [0.2, 0.25) is 0 Å². The Balaban J connectivity index is 1.82. The normalized spacial score (nSPS) is 22.8. The number of esters is 1. The Morgan fingerprint density at radius 3 is 2.82 bits per heavy atom. The Hall–Kier alpha value is -2.75. The van der Waals surface area contributed by atoms with Gasteiger partial charge in [0.15, 0.2) is 0 Å². The number of nitrogens with two attached hydrogens (primary N) is 1. The molecule has 0 radical (unpaired) electrons. The first kappa shape index (κ1) is 20.0. The third-order valence-electron chi connectivity index (χ3n) is 4.75. The summed E-state index contributed by atoms with van der Waals surface area (Å²) in [7, 11) is 0. The zero-order valence-corrected chi connectivity index (χ0v) is 15.6. The number of carbonyl (C=O) groups excluding carboxylic acids is 1. The standard InChI is InChI=1S/C19H23N3O6/c1-10-8-22(19(26)21-17(10)24)16-7-14(15(9-23)27-16)28-18(25)13-6-4-3-5-12(13)11(2)20/h3-6,8,11,14-16,23H,7,9,20H2,1-2H3,(H,21,24,26)/t11?,14-,15?,16-/m1/s1. The van der Waals surface area contributed by atoms with E-state index in [1.807, 2.05) is 0 Å². The lowest BCUT2D eigenvalue weighted by atomic mass is 10.0. The second-order valence-corrected chi connectivity index (χ2v) is 6.85. The molecular formula is C19H23N3O6. The lowest BCUT2D eigenvalue weighted by Crippen LogP contribution is -2.33. The number of aryl methyl sites for hydroxylation is 1. The summed E-state index contributed by atoms with van der Waals surface area (Å²) in [5.74, 6) is -0.578. The van der Waals surface area contributed by atoms with Crippen LogP contribution in [0.15, 0.2) is 40.1 Å². The number of hydrogen-bond donors (Lipinski definition) is 3. The van der Waals surface area contributed by atoms with E-state index in [1.54, 1.807) is 38.1 Å². The van der Waals surface area contributed by atoms with Crippen LogP contribution >= 0.6 is 0 Å². The number of rotatable bonds is 5. The molecule has 0 aliphatic carbocycles. The molecule has 4 N–H and O–H groups in total. The molecule has 0 spiro atoms. The Bertz CT molecular complexity index is 980. The van der Waals surface area contributed by atoms with Crippen molar-refractivity contribution in [3.05, 3.63) is 68.0 Å². The first-order chi connectivity index (χ1) is 13.3. The smallest absolute Gasteiger partial charge is 0.338 e. The van der Waals surface area contributed by atoms with Crippen molar-refractivity contribution in [3.8, 4) is 0 Å². The molecule has 4 atom stereocenters. The maximum atomic E-state index is 12.7. The van der Waals surface area contributed by atoms with Gasteiger partial charge in [-0.05, 0) is 25.5 Å². The Kier molecular flexibility index (Phi) is 5.78. The van der Waals surface area contributed by atoms with Crippen molar-refractivity contribution in [1.29, 1.82) is 0 Å². The maximum Gasteiger partial charge on any atom is 0.338 e. The molecule has 28 heavy (non-hydrogen) atoms. The molecule has 1 aliphatic heterocycles. The lowest BCUT2D eigenvalue weighted by molar-refractivity contribution is -0.0522. The number of nitrogens with zero attached hydrogens (tertiary/aromatic N) is 1. The van der Waals surface area contributed by atoms with E-state index in [9.17, 15) is 19.5 Å². The average Bonchev–Trinajstić information content (AvgIpc) is 3.07. The zero-order chi connectivity index (χ0) is 20.4. The van der Waals surface area contributed by atoms with Crippen molar-refractivity contribution >= 4 is 5.97 Å². The molecule has 1 aliphatic rings. The first-order valence-electron chi connectivity index (χ1n) is 8.95. The molecule has 1 fully saturated rings. The largest absolute Gasteiger partial charge is 0.456 e. The number of aromatic nitrogens is 2. The summed E-state index contributed by atoms with van der Waals surface area (Å²) >= 11 is 0. The maximum absolute atomic E-state index is 12.7. The van der Waals surface area contributed by atoms with Crippen molar-refractivity contribution in [3.63, 3.8) is 0 Å². The van der Waals surface area contributed by atoms with Gasteiger partial charge in [0, 0.05) is 24.2 Å². The summed E-state index contributed by atoms with van der Waals surface area (Å²) < 4.78 is 12.5. The Labute approximate surface area is 160 Å². The summed E-state index contributed by atoms with van der Waals surface area (Å²) in [6.07, 6.45) is -0.793. The number of H-pyrrole nitrogens is 1. The number of aromatic amines is 1. The molecule has 1 aromatic heterocycles. The second-order valence-electron chi connectivity index (χ2n) is 6.85. The van der Waals surface area contributed by atoms with Gasteiger partial charge in [-0.1, -0.05) is 18.2 Å². The van der Waals surface area contributed by atoms with Gasteiger partial charge in [-0.2, -0.15) is 0 Å². The lowest BCUT2D eigenvalue weighted by Gasteiger charge is -2.18. The van der Waals surface area contributed by atoms with E-state index in [0.717, 1.165) is 0 Å². The molecule has 2 aromatic rings. The fourth-order valence-electron chi connectivity index (χ4n) is 3.24. The number of aliphatic hydroxyl groups is 1. The van der Waals surface area contributed by atoms with Gasteiger partial charge in [-0.3, -0.25) is 14.3 Å². The van der Waals surface area contributed by atoms with Crippen LogP contribution in [0.1, 0.15) is 47.1 Å². The van der Waals surface area contributed by atoms with Crippen molar-refractivity contribution in [1.82, 2.24) is 9.55 Å². The van der Waals surface area contributed by atoms with Crippen LogP contribution in [0.4, 0.5) is 0 Å². The predicted octanol–water partition coefficient (Wildman–Crippen LogP) is 0.370. The summed E-state index contributed by atoms with van der Waals surface area (Å²) in [6, 6.07) is 6.51. The highest BCUT2D eigenvalue weighted by Gasteiger charge is 2.39. The molecule has 1 saturated heterocycles. The van der Waals surface area contributed by atoms with Gasteiger partial charge >= 0.3 is 11.7 Å². The minimum Gasteiger partial charge on any atom is -0.456 e. The highest BCUT2D eigenvalue weighted by Crippen LogP contribution is 2.30. The van der Waals surface area contributed by atoms with E-state index in [1.165, 1.54) is 10.8 Å². The minimum atomic E-state index is -0.796. The molecule has 0 saturated carbocycles. The van der Waals surface area contributed by atoms with Crippen LogP contribution in [-0.4, -0.2) is 39.4 Å². The molecule has 2 heterocycles. The summed E-state index contributed by atoms with van der Waals surface area (Å²) in [5, 5.41) is 9.61. The quantitative estimate of drug-likeness (QED) is 0.628. The van der Waals surface area contributed by atoms with Crippen LogP contribution in [0.5, 0.6) is 0 Å². The van der Waals surface area contributed by atoms with Crippen molar-refractivity contribution in [2.75, 3.05) is 6.61 Å². The van der Waals surface area contributed by atoms with E-state index in [-0.39, 0.29) is 19.1 Å². The van der Waals surface area contributed by atoms with Crippen LogP contribution < -0.4 is 17.0 Å². The van der Waals surface area contributed by atoms with Crippen LogP contribution in [-0.2, 0) is 9.47 Å². The molecule has 9 nitrogen and oxygen atoms in total. The number of nitrogens with one attached hydrogen (secondary N) is 1. The molecule has 2 unspecified atom stereocenters. The zero-order valence-electron chi connectivity index (χ0n) is 15.6. The van der Waals surface area contributed by atoms with E-state index >= 15 is 0 Å². The highest BCUT2D eigenvalue weighted by molar-refractivity contribution is 5.91. The van der Waals surface area contributed by atoms with Crippen molar-refractivity contribution < 1.29 is 19.4 Å². The Morgan fingerprint density at radius 2 is 2.14 bits per heavy atom. The molecule has 0 bridgehead atoms.